The van der Waals surface area contributed by atoms with Gasteiger partial charge in [-0.2, -0.15) is 0 Å². The maximum atomic E-state index is 13.9. The van der Waals surface area contributed by atoms with Gasteiger partial charge in [0.05, 0.1) is 5.69 Å². The summed E-state index contributed by atoms with van der Waals surface area (Å²) in [5.41, 5.74) is 0.647. The van der Waals surface area contributed by atoms with Crippen molar-refractivity contribution in [3.63, 3.8) is 0 Å². The Morgan fingerprint density at radius 1 is 0.917 bits per heavy atom. The maximum Gasteiger partial charge on any atom is 0.223 e. The third-order valence-electron chi connectivity index (χ3n) is 5.17. The van der Waals surface area contributed by atoms with Crippen molar-refractivity contribution in [1.29, 1.82) is 0 Å². The minimum atomic E-state index is -0.182. The van der Waals surface area contributed by atoms with Crippen LogP contribution in [0, 0.1) is 5.82 Å². The van der Waals surface area contributed by atoms with E-state index in [4.69, 9.17) is 0 Å². The van der Waals surface area contributed by atoms with Crippen LogP contribution in [0.5, 0.6) is 0 Å². The van der Waals surface area contributed by atoms with Gasteiger partial charge in [0.15, 0.2) is 0 Å². The molecule has 3 rings (SSSR count). The Hall–Kier alpha value is -1.62. The van der Waals surface area contributed by atoms with Crippen molar-refractivity contribution in [1.82, 2.24) is 9.80 Å². The quantitative estimate of drug-likeness (QED) is 0.848. The predicted octanol–water partition coefficient (Wildman–Crippen LogP) is 2.74. The summed E-state index contributed by atoms with van der Waals surface area (Å²) in [5, 5.41) is 0. The highest BCUT2D eigenvalue weighted by molar-refractivity contribution is 5.76. The molecule has 0 spiro atoms. The van der Waals surface area contributed by atoms with E-state index in [1.165, 1.54) is 31.7 Å². The second kappa shape index (κ2) is 8.47. The number of carbonyl (C=O) groups excluding carboxylic acids is 1. The zero-order valence-corrected chi connectivity index (χ0v) is 14.4. The van der Waals surface area contributed by atoms with E-state index in [9.17, 15) is 9.18 Å². The zero-order valence-electron chi connectivity index (χ0n) is 14.4. The molecule has 2 fully saturated rings. The minimum Gasteiger partial charge on any atom is -0.366 e. The number of hydrogen-bond acceptors (Lipinski definition) is 3. The molecule has 0 bridgehead atoms. The summed E-state index contributed by atoms with van der Waals surface area (Å²) in [6.07, 6.45) is 5.77. The van der Waals surface area contributed by atoms with Crippen LogP contribution in [0.2, 0.25) is 0 Å². The topological polar surface area (TPSA) is 26.8 Å². The summed E-state index contributed by atoms with van der Waals surface area (Å²) in [6, 6.07) is 6.87. The second-order valence-electron chi connectivity index (χ2n) is 6.83. The number of nitrogens with zero attached hydrogens (tertiary/aromatic N) is 3. The first kappa shape index (κ1) is 17.2. The fourth-order valence-corrected chi connectivity index (χ4v) is 3.68. The molecule has 5 heteroatoms. The van der Waals surface area contributed by atoms with E-state index in [0.29, 0.717) is 38.3 Å². The summed E-state index contributed by atoms with van der Waals surface area (Å²) in [6.45, 7) is 5.93. The molecule has 0 N–H and O–H groups in total. The standard InChI is InChI=1S/C19H28FN3O/c20-17-7-3-4-8-18(17)22-13-15-23(16-14-22)19(24)9-12-21-10-5-1-2-6-11-21/h3-4,7-8H,1-2,5-6,9-16H2. The number of carbonyl (C=O) groups is 1. The van der Waals surface area contributed by atoms with Crippen LogP contribution in [0.4, 0.5) is 10.1 Å². The molecular weight excluding hydrogens is 305 g/mol. The molecule has 0 unspecified atom stereocenters. The lowest BCUT2D eigenvalue weighted by molar-refractivity contribution is -0.131. The van der Waals surface area contributed by atoms with Gasteiger partial charge in [-0.1, -0.05) is 25.0 Å². The van der Waals surface area contributed by atoms with Crippen molar-refractivity contribution in [2.75, 3.05) is 50.7 Å². The van der Waals surface area contributed by atoms with E-state index >= 15 is 0 Å². The van der Waals surface area contributed by atoms with E-state index in [0.717, 1.165) is 19.6 Å². The number of amides is 1. The lowest BCUT2D eigenvalue weighted by Crippen LogP contribution is -2.49. The SMILES string of the molecule is O=C(CCN1CCCCCC1)N1CCN(c2ccccc2F)CC1. The molecule has 24 heavy (non-hydrogen) atoms. The number of rotatable bonds is 4. The van der Waals surface area contributed by atoms with E-state index in [1.807, 2.05) is 21.9 Å². The lowest BCUT2D eigenvalue weighted by Gasteiger charge is -2.36. The Morgan fingerprint density at radius 3 is 2.25 bits per heavy atom. The van der Waals surface area contributed by atoms with E-state index in [1.54, 1.807) is 6.07 Å². The first-order valence-electron chi connectivity index (χ1n) is 9.23. The number of piperazine rings is 1. The van der Waals surface area contributed by atoms with Gasteiger partial charge < -0.3 is 14.7 Å². The average Bonchev–Trinajstić information content (AvgIpc) is 2.89. The Bertz CT molecular complexity index is 535. The fourth-order valence-electron chi connectivity index (χ4n) is 3.68. The molecular formula is C19H28FN3O. The zero-order chi connectivity index (χ0) is 16.8. The van der Waals surface area contributed by atoms with Gasteiger partial charge in [0.2, 0.25) is 5.91 Å². The number of benzene rings is 1. The largest absolute Gasteiger partial charge is 0.366 e. The Kier molecular flexibility index (Phi) is 6.07. The van der Waals surface area contributed by atoms with Gasteiger partial charge in [0.1, 0.15) is 5.82 Å². The normalized spacial score (nSPS) is 20.0. The van der Waals surface area contributed by atoms with Crippen molar-refractivity contribution in [2.45, 2.75) is 32.1 Å². The molecule has 2 aliphatic rings. The van der Waals surface area contributed by atoms with Crippen molar-refractivity contribution >= 4 is 11.6 Å². The number of hydrogen-bond donors (Lipinski definition) is 0. The number of likely N-dealkylation sites (tertiary alicyclic amines) is 1. The third kappa shape index (κ3) is 4.47. The first-order chi connectivity index (χ1) is 11.7. The Balaban J connectivity index is 1.44. The second-order valence-corrected chi connectivity index (χ2v) is 6.83. The number of para-hydroxylation sites is 1. The van der Waals surface area contributed by atoms with Gasteiger partial charge in [-0.25, -0.2) is 4.39 Å². The van der Waals surface area contributed by atoms with Crippen molar-refractivity contribution in [3.05, 3.63) is 30.1 Å². The Labute approximate surface area is 144 Å². The van der Waals surface area contributed by atoms with Gasteiger partial charge in [-0.3, -0.25) is 4.79 Å². The number of anilines is 1. The molecule has 2 heterocycles. The number of halogens is 1. The average molecular weight is 333 g/mol. The van der Waals surface area contributed by atoms with E-state index in [2.05, 4.69) is 4.90 Å². The van der Waals surface area contributed by atoms with Crippen LogP contribution in [0.3, 0.4) is 0 Å². The lowest BCUT2D eigenvalue weighted by atomic mass is 10.2. The molecule has 2 saturated heterocycles. The van der Waals surface area contributed by atoms with E-state index in [-0.39, 0.29) is 11.7 Å². The predicted molar refractivity (Wildman–Crippen MR) is 94.7 cm³/mol. The van der Waals surface area contributed by atoms with Gasteiger partial charge in [-0.15, -0.1) is 0 Å². The van der Waals surface area contributed by atoms with Crippen LogP contribution in [-0.4, -0.2) is 61.5 Å². The highest BCUT2D eigenvalue weighted by Gasteiger charge is 2.23. The summed E-state index contributed by atoms with van der Waals surface area (Å²) >= 11 is 0. The molecule has 0 saturated carbocycles. The molecule has 2 aliphatic heterocycles. The molecule has 0 aliphatic carbocycles. The summed E-state index contributed by atoms with van der Waals surface area (Å²) in [7, 11) is 0. The van der Waals surface area contributed by atoms with Crippen LogP contribution < -0.4 is 4.90 Å². The maximum absolute atomic E-state index is 13.9. The summed E-state index contributed by atoms with van der Waals surface area (Å²) in [4.78, 5) is 18.8. The molecule has 0 aromatic heterocycles. The molecule has 0 radical (unpaired) electrons. The monoisotopic (exact) mass is 333 g/mol. The fraction of sp³-hybridized carbons (Fsp3) is 0.632. The summed E-state index contributed by atoms with van der Waals surface area (Å²) in [5.74, 6) is 0.0610. The first-order valence-corrected chi connectivity index (χ1v) is 9.23. The van der Waals surface area contributed by atoms with Crippen LogP contribution in [0.25, 0.3) is 0 Å². The molecule has 0 atom stereocenters. The minimum absolute atomic E-state index is 0.182. The third-order valence-corrected chi connectivity index (χ3v) is 5.17. The highest BCUT2D eigenvalue weighted by atomic mass is 19.1. The van der Waals surface area contributed by atoms with Crippen molar-refractivity contribution in [3.8, 4) is 0 Å². The van der Waals surface area contributed by atoms with Crippen LogP contribution >= 0.6 is 0 Å². The highest BCUT2D eigenvalue weighted by Crippen LogP contribution is 2.20. The van der Waals surface area contributed by atoms with Crippen molar-refractivity contribution in [2.24, 2.45) is 0 Å². The molecule has 1 amide bonds. The van der Waals surface area contributed by atoms with Gasteiger partial charge >= 0.3 is 0 Å². The molecule has 132 valence electrons. The Morgan fingerprint density at radius 2 is 1.58 bits per heavy atom. The van der Waals surface area contributed by atoms with E-state index < -0.39 is 0 Å². The van der Waals surface area contributed by atoms with Crippen LogP contribution in [0.15, 0.2) is 24.3 Å². The van der Waals surface area contributed by atoms with Gasteiger partial charge in [0.25, 0.3) is 0 Å². The summed E-state index contributed by atoms with van der Waals surface area (Å²) < 4.78 is 13.9. The van der Waals surface area contributed by atoms with Crippen LogP contribution in [-0.2, 0) is 4.79 Å². The van der Waals surface area contributed by atoms with Gasteiger partial charge in [0, 0.05) is 39.1 Å². The molecule has 4 nitrogen and oxygen atoms in total. The molecule has 1 aromatic carbocycles. The van der Waals surface area contributed by atoms with Crippen molar-refractivity contribution < 1.29 is 9.18 Å². The smallest absolute Gasteiger partial charge is 0.223 e. The van der Waals surface area contributed by atoms with Gasteiger partial charge in [-0.05, 0) is 38.1 Å². The molecule has 1 aromatic rings. The van der Waals surface area contributed by atoms with Crippen LogP contribution in [0.1, 0.15) is 32.1 Å².